The molecule has 0 aliphatic carbocycles. The predicted molar refractivity (Wildman–Crippen MR) is 60.7 cm³/mol. The highest BCUT2D eigenvalue weighted by molar-refractivity contribution is 5.95. The van der Waals surface area contributed by atoms with E-state index < -0.39 is 5.91 Å². The molecule has 4 nitrogen and oxygen atoms in total. The second-order valence-electron chi connectivity index (χ2n) is 3.23. The molecule has 2 rings (SSSR count). The van der Waals surface area contributed by atoms with Gasteiger partial charge in [0.25, 0.3) is 5.91 Å². The quantitative estimate of drug-likeness (QED) is 0.455. The van der Waals surface area contributed by atoms with E-state index in [0.717, 1.165) is 16.5 Å². The number of nitrogens with zero attached hydrogens (tertiary/aromatic N) is 1. The molecule has 1 amide bonds. The van der Waals surface area contributed by atoms with E-state index >= 15 is 0 Å². The fourth-order valence-electron chi connectivity index (χ4n) is 1.48. The van der Waals surface area contributed by atoms with Gasteiger partial charge in [-0.2, -0.15) is 0 Å². The van der Waals surface area contributed by atoms with Crippen molar-refractivity contribution in [2.24, 2.45) is 0 Å². The van der Waals surface area contributed by atoms with Crippen LogP contribution in [-0.4, -0.2) is 16.1 Å². The van der Waals surface area contributed by atoms with E-state index in [-0.39, 0.29) is 0 Å². The van der Waals surface area contributed by atoms with Gasteiger partial charge in [-0.25, -0.2) is 5.48 Å². The van der Waals surface area contributed by atoms with Gasteiger partial charge < -0.3 is 0 Å². The maximum Gasteiger partial charge on any atom is 0.267 e. The molecule has 0 spiro atoms. The third kappa shape index (κ3) is 2.07. The molecule has 0 atom stereocenters. The zero-order valence-electron chi connectivity index (χ0n) is 8.42. The first-order chi connectivity index (χ1) is 7.81. The number of fused-ring (bicyclic) bond motifs is 1. The van der Waals surface area contributed by atoms with Crippen molar-refractivity contribution in [3.05, 3.63) is 48.2 Å². The monoisotopic (exact) mass is 214 g/mol. The van der Waals surface area contributed by atoms with E-state index in [2.05, 4.69) is 4.98 Å². The first-order valence-electron chi connectivity index (χ1n) is 4.77. The average Bonchev–Trinajstić information content (AvgIpc) is 2.35. The molecule has 0 aliphatic rings. The minimum absolute atomic E-state index is 0.555. The van der Waals surface area contributed by atoms with Crippen molar-refractivity contribution in [1.29, 1.82) is 0 Å². The third-order valence-electron chi connectivity index (χ3n) is 2.20. The fraction of sp³-hybridized carbons (Fsp3) is 0. The Morgan fingerprint density at radius 3 is 3.00 bits per heavy atom. The summed E-state index contributed by atoms with van der Waals surface area (Å²) in [5.74, 6) is -0.555. The van der Waals surface area contributed by atoms with Gasteiger partial charge >= 0.3 is 0 Å². The zero-order valence-corrected chi connectivity index (χ0v) is 8.42. The van der Waals surface area contributed by atoms with Gasteiger partial charge in [-0.15, -0.1) is 0 Å². The Labute approximate surface area is 92.2 Å². The van der Waals surface area contributed by atoms with Crippen LogP contribution in [0.4, 0.5) is 0 Å². The second-order valence-corrected chi connectivity index (χ2v) is 3.23. The second kappa shape index (κ2) is 4.55. The van der Waals surface area contributed by atoms with Crippen LogP contribution in [0.3, 0.4) is 0 Å². The molecular formula is C12H10N2O2. The molecule has 80 valence electrons. The molecule has 0 aliphatic heterocycles. The summed E-state index contributed by atoms with van der Waals surface area (Å²) >= 11 is 0. The van der Waals surface area contributed by atoms with Crippen LogP contribution in [-0.2, 0) is 4.79 Å². The zero-order chi connectivity index (χ0) is 11.4. The number of benzene rings is 1. The van der Waals surface area contributed by atoms with E-state index in [1.807, 2.05) is 30.3 Å². The van der Waals surface area contributed by atoms with Crippen LogP contribution in [0.25, 0.3) is 17.0 Å². The van der Waals surface area contributed by atoms with Crippen molar-refractivity contribution >= 4 is 22.9 Å². The Morgan fingerprint density at radius 1 is 1.31 bits per heavy atom. The number of rotatable bonds is 2. The molecule has 0 bridgehead atoms. The Morgan fingerprint density at radius 2 is 2.19 bits per heavy atom. The molecule has 2 N–H and O–H groups in total. The molecule has 0 fully saturated rings. The highest BCUT2D eigenvalue weighted by Gasteiger charge is 1.98. The van der Waals surface area contributed by atoms with Crippen molar-refractivity contribution in [2.45, 2.75) is 0 Å². The minimum Gasteiger partial charge on any atom is -0.288 e. The Kier molecular flexibility index (Phi) is 2.93. The maximum absolute atomic E-state index is 10.9. The highest BCUT2D eigenvalue weighted by Crippen LogP contribution is 2.17. The largest absolute Gasteiger partial charge is 0.288 e. The van der Waals surface area contributed by atoms with Gasteiger partial charge in [0.1, 0.15) is 0 Å². The summed E-state index contributed by atoms with van der Waals surface area (Å²) in [4.78, 5) is 15.1. The van der Waals surface area contributed by atoms with Crippen LogP contribution < -0.4 is 5.48 Å². The lowest BCUT2D eigenvalue weighted by molar-refractivity contribution is -0.124. The van der Waals surface area contributed by atoms with Crippen LogP contribution in [0.2, 0.25) is 0 Å². The van der Waals surface area contributed by atoms with Crippen LogP contribution in [0.5, 0.6) is 0 Å². The first kappa shape index (κ1) is 10.3. The molecule has 2 aromatic rings. The topological polar surface area (TPSA) is 62.2 Å². The lowest BCUT2D eigenvalue weighted by Crippen LogP contribution is -2.14. The van der Waals surface area contributed by atoms with Gasteiger partial charge in [0.2, 0.25) is 0 Å². The predicted octanol–water partition coefficient (Wildman–Crippen LogP) is 1.75. The number of amides is 1. The number of hydrogen-bond donors (Lipinski definition) is 2. The minimum atomic E-state index is -0.555. The van der Waals surface area contributed by atoms with Crippen LogP contribution >= 0.6 is 0 Å². The lowest BCUT2D eigenvalue weighted by Gasteiger charge is -2.00. The molecule has 0 saturated heterocycles. The SMILES string of the molecule is O=C(/C=C/c1cccc2ncccc12)NO. The van der Waals surface area contributed by atoms with E-state index in [4.69, 9.17) is 5.21 Å². The first-order valence-corrected chi connectivity index (χ1v) is 4.77. The molecule has 1 aromatic heterocycles. The number of aromatic nitrogens is 1. The van der Waals surface area contributed by atoms with E-state index in [1.165, 1.54) is 6.08 Å². The number of carbonyl (C=O) groups is 1. The van der Waals surface area contributed by atoms with Gasteiger partial charge in [0, 0.05) is 17.7 Å². The maximum atomic E-state index is 10.9. The molecule has 4 heteroatoms. The van der Waals surface area contributed by atoms with Gasteiger partial charge in [-0.3, -0.25) is 15.0 Å². The molecule has 1 heterocycles. The summed E-state index contributed by atoms with van der Waals surface area (Å²) in [5.41, 5.74) is 3.29. The standard InChI is InChI=1S/C12H10N2O2/c15-12(14-16)7-6-9-3-1-5-11-10(9)4-2-8-13-11/h1-8,16H,(H,14,15)/b7-6+. The summed E-state index contributed by atoms with van der Waals surface area (Å²) in [6.45, 7) is 0. The van der Waals surface area contributed by atoms with E-state index in [0.29, 0.717) is 0 Å². The Bertz CT molecular complexity index is 544. The third-order valence-corrected chi connectivity index (χ3v) is 2.20. The summed E-state index contributed by atoms with van der Waals surface area (Å²) in [6.07, 6.45) is 4.62. The van der Waals surface area contributed by atoms with Gasteiger partial charge in [-0.05, 0) is 23.8 Å². The summed E-state index contributed by atoms with van der Waals surface area (Å²) < 4.78 is 0. The number of hydroxylamine groups is 1. The number of nitrogens with one attached hydrogen (secondary N) is 1. The summed E-state index contributed by atoms with van der Waals surface area (Å²) in [5, 5.41) is 9.33. The molecule has 0 unspecified atom stereocenters. The van der Waals surface area contributed by atoms with Crippen molar-refractivity contribution in [1.82, 2.24) is 10.5 Å². The highest BCUT2D eigenvalue weighted by atomic mass is 16.5. The Hall–Kier alpha value is -2.20. The van der Waals surface area contributed by atoms with Crippen molar-refractivity contribution < 1.29 is 10.0 Å². The van der Waals surface area contributed by atoms with Crippen molar-refractivity contribution in [2.75, 3.05) is 0 Å². The van der Waals surface area contributed by atoms with Crippen LogP contribution in [0, 0.1) is 0 Å². The summed E-state index contributed by atoms with van der Waals surface area (Å²) in [7, 11) is 0. The number of hydrogen-bond acceptors (Lipinski definition) is 3. The molecule has 16 heavy (non-hydrogen) atoms. The number of carbonyl (C=O) groups excluding carboxylic acids is 1. The Balaban J connectivity index is 2.45. The normalized spacial score (nSPS) is 10.8. The van der Waals surface area contributed by atoms with Crippen LogP contribution in [0.15, 0.2) is 42.6 Å². The van der Waals surface area contributed by atoms with Gasteiger partial charge in [-0.1, -0.05) is 18.2 Å². The average molecular weight is 214 g/mol. The van der Waals surface area contributed by atoms with E-state index in [1.54, 1.807) is 17.8 Å². The molecule has 0 radical (unpaired) electrons. The van der Waals surface area contributed by atoms with Crippen LogP contribution in [0.1, 0.15) is 5.56 Å². The van der Waals surface area contributed by atoms with Gasteiger partial charge in [0.15, 0.2) is 0 Å². The molecule has 0 saturated carbocycles. The lowest BCUT2D eigenvalue weighted by atomic mass is 10.1. The summed E-state index contributed by atoms with van der Waals surface area (Å²) in [6, 6.07) is 9.42. The fourth-order valence-corrected chi connectivity index (χ4v) is 1.48. The smallest absolute Gasteiger partial charge is 0.267 e. The molecule has 1 aromatic carbocycles. The number of pyridine rings is 1. The van der Waals surface area contributed by atoms with Crippen molar-refractivity contribution in [3.8, 4) is 0 Å². The van der Waals surface area contributed by atoms with Crippen molar-refractivity contribution in [3.63, 3.8) is 0 Å². The molecular weight excluding hydrogens is 204 g/mol. The van der Waals surface area contributed by atoms with Gasteiger partial charge in [0.05, 0.1) is 5.52 Å². The van der Waals surface area contributed by atoms with E-state index in [9.17, 15) is 4.79 Å².